The monoisotopic (exact) mass is 691 g/mol. The minimum absolute atomic E-state index is 0.593. The van der Waals surface area contributed by atoms with Crippen LogP contribution in [-0.4, -0.2) is 44.1 Å². The normalized spacial score (nSPS) is 11.8. The molecule has 0 aliphatic heterocycles. The first kappa shape index (κ1) is 32.2. The van der Waals surface area contributed by atoms with Gasteiger partial charge in [0.25, 0.3) is 0 Å². The van der Waals surface area contributed by atoms with E-state index in [0.29, 0.717) is 12.4 Å². The molecule has 5 heterocycles. The minimum Gasteiger partial charge on any atom is -0.308 e. The minimum atomic E-state index is -0.903. The van der Waals surface area contributed by atoms with Crippen molar-refractivity contribution >= 4 is 16.8 Å². The summed E-state index contributed by atoms with van der Waals surface area (Å²) in [7, 11) is 0. The second-order valence-electron chi connectivity index (χ2n) is 13.2. The summed E-state index contributed by atoms with van der Waals surface area (Å²) < 4.78 is 6.30. The average Bonchev–Trinajstić information content (AvgIpc) is 3.95. The summed E-state index contributed by atoms with van der Waals surface area (Å²) in [6, 6.07) is 50.0. The lowest BCUT2D eigenvalue weighted by molar-refractivity contribution is 0.451. The van der Waals surface area contributed by atoms with Gasteiger partial charge < -0.3 is 4.57 Å². The first-order chi connectivity index (χ1) is 26.3. The highest BCUT2D eigenvalue weighted by molar-refractivity contribution is 5.80. The van der Waals surface area contributed by atoms with Crippen molar-refractivity contribution in [2.24, 2.45) is 0 Å². The number of hydrogen-bond donors (Lipinski definition) is 0. The predicted octanol–water partition coefficient (Wildman–Crippen LogP) is 8.63. The van der Waals surface area contributed by atoms with Gasteiger partial charge in [-0.25, -0.2) is 19.6 Å². The van der Waals surface area contributed by atoms with Crippen molar-refractivity contribution in [2.45, 2.75) is 38.3 Å². The van der Waals surface area contributed by atoms with E-state index in [1.54, 1.807) is 0 Å². The molecule has 9 aromatic rings. The van der Waals surface area contributed by atoms with Gasteiger partial charge in [0.05, 0.1) is 6.54 Å². The van der Waals surface area contributed by atoms with Gasteiger partial charge in [-0.2, -0.15) is 0 Å². The predicted molar refractivity (Wildman–Crippen MR) is 207 cm³/mol. The maximum Gasteiger partial charge on any atom is 0.202 e. The van der Waals surface area contributed by atoms with Crippen molar-refractivity contribution in [3.05, 3.63) is 186 Å². The lowest BCUT2D eigenvalue weighted by atomic mass is 9.77. The molecule has 0 amide bonds. The van der Waals surface area contributed by atoms with Gasteiger partial charge in [0, 0.05) is 24.4 Å². The lowest BCUT2D eigenvalue weighted by Gasteiger charge is -2.36. The highest BCUT2D eigenvalue weighted by atomic mass is 15.6. The Kier molecular flexibility index (Phi) is 8.36. The smallest absolute Gasteiger partial charge is 0.202 e. The van der Waals surface area contributed by atoms with E-state index in [1.807, 2.05) is 65.6 Å². The number of fused-ring (bicyclic) bond motifs is 2. The summed E-state index contributed by atoms with van der Waals surface area (Å²) in [5, 5.41) is 14.0. The van der Waals surface area contributed by atoms with Crippen molar-refractivity contribution in [3.8, 4) is 22.8 Å². The number of benzene rings is 4. The fourth-order valence-corrected chi connectivity index (χ4v) is 7.52. The molecule has 0 unspecified atom stereocenters. The van der Waals surface area contributed by atoms with E-state index in [1.165, 1.54) is 0 Å². The summed E-state index contributed by atoms with van der Waals surface area (Å²) in [6.07, 6.45) is 6.98. The summed E-state index contributed by atoms with van der Waals surface area (Å²) in [5.74, 6) is 1.66. The summed E-state index contributed by atoms with van der Waals surface area (Å²) in [5.41, 5.74) is 8.56. The molecule has 0 saturated heterocycles. The van der Waals surface area contributed by atoms with E-state index in [0.717, 1.165) is 81.1 Å². The lowest BCUT2D eigenvalue weighted by Crippen LogP contribution is -2.39. The van der Waals surface area contributed by atoms with Crippen molar-refractivity contribution in [3.63, 3.8) is 0 Å². The summed E-state index contributed by atoms with van der Waals surface area (Å²) >= 11 is 0. The van der Waals surface area contributed by atoms with Crippen molar-refractivity contribution < 1.29 is 0 Å². The number of unbranched alkanes of at least 4 members (excludes halogenated alkanes) is 1. The van der Waals surface area contributed by atoms with Gasteiger partial charge in [0.2, 0.25) is 5.82 Å². The number of tetrazole rings is 1. The van der Waals surface area contributed by atoms with Crippen LogP contribution in [0.3, 0.4) is 0 Å². The Morgan fingerprint density at radius 2 is 1.32 bits per heavy atom. The van der Waals surface area contributed by atoms with E-state index in [-0.39, 0.29) is 0 Å². The zero-order valence-corrected chi connectivity index (χ0v) is 29.4. The number of aromatic nitrogens is 9. The van der Waals surface area contributed by atoms with Crippen LogP contribution in [0.2, 0.25) is 0 Å². The van der Waals surface area contributed by atoms with Gasteiger partial charge in [-0.1, -0.05) is 135 Å². The third-order valence-corrected chi connectivity index (χ3v) is 10.0. The van der Waals surface area contributed by atoms with E-state index in [4.69, 9.17) is 25.3 Å². The Balaban J connectivity index is 1.21. The van der Waals surface area contributed by atoms with Crippen LogP contribution in [0, 0.1) is 0 Å². The molecule has 0 atom stereocenters. The van der Waals surface area contributed by atoms with Crippen molar-refractivity contribution in [2.75, 3.05) is 0 Å². The van der Waals surface area contributed by atoms with Crippen molar-refractivity contribution in [1.29, 1.82) is 0 Å². The molecule has 258 valence electrons. The second-order valence-corrected chi connectivity index (χ2v) is 13.2. The molecule has 4 aromatic carbocycles. The van der Waals surface area contributed by atoms with Crippen LogP contribution in [0.5, 0.6) is 0 Å². The fraction of sp³-hybridized carbons (Fsp3) is 0.136. The molecule has 0 N–H and O–H groups in total. The maximum absolute atomic E-state index is 5.20. The van der Waals surface area contributed by atoms with Crippen LogP contribution in [0.15, 0.2) is 158 Å². The number of hydrogen-bond acceptors (Lipinski definition) is 6. The highest BCUT2D eigenvalue weighted by Gasteiger charge is 2.42. The Morgan fingerprint density at radius 1 is 0.660 bits per heavy atom. The molecule has 0 aliphatic rings. The quantitative estimate of drug-likeness (QED) is 0.126. The zero-order valence-electron chi connectivity index (χ0n) is 29.4. The second kappa shape index (κ2) is 13.8. The third-order valence-electron chi connectivity index (χ3n) is 10.0. The van der Waals surface area contributed by atoms with Crippen LogP contribution in [-0.2, 0) is 18.5 Å². The Morgan fingerprint density at radius 3 is 1.98 bits per heavy atom. The number of rotatable bonds is 11. The number of nitrogens with zero attached hydrogens (tertiary/aromatic N) is 9. The van der Waals surface area contributed by atoms with E-state index < -0.39 is 5.54 Å². The molecule has 0 saturated carbocycles. The average molecular weight is 692 g/mol. The molecule has 5 aromatic heterocycles. The number of pyridine rings is 2. The van der Waals surface area contributed by atoms with Gasteiger partial charge >= 0.3 is 0 Å². The molecular weight excluding hydrogens is 655 g/mol. The maximum atomic E-state index is 5.20. The van der Waals surface area contributed by atoms with Crippen molar-refractivity contribution in [1.82, 2.24) is 44.1 Å². The molecule has 53 heavy (non-hydrogen) atoms. The summed E-state index contributed by atoms with van der Waals surface area (Å²) in [6.45, 7) is 2.89. The molecule has 0 bridgehead atoms. The molecule has 0 aliphatic carbocycles. The van der Waals surface area contributed by atoms with Gasteiger partial charge in [-0.05, 0) is 63.4 Å². The van der Waals surface area contributed by atoms with E-state index >= 15 is 0 Å². The molecule has 0 radical (unpaired) electrons. The first-order valence-corrected chi connectivity index (χ1v) is 18.1. The van der Waals surface area contributed by atoms with Gasteiger partial charge in [0.1, 0.15) is 33.9 Å². The van der Waals surface area contributed by atoms with E-state index in [2.05, 4.69) is 118 Å². The zero-order chi connectivity index (χ0) is 35.6. The Hall–Kier alpha value is -6.74. The Bertz CT molecular complexity index is 2530. The number of imidazole rings is 2. The van der Waals surface area contributed by atoms with Crippen LogP contribution in [0.1, 0.15) is 47.8 Å². The molecule has 0 spiro atoms. The molecule has 9 rings (SSSR count). The largest absolute Gasteiger partial charge is 0.308 e. The van der Waals surface area contributed by atoms with Gasteiger partial charge in [0.15, 0.2) is 5.65 Å². The highest BCUT2D eigenvalue weighted by Crippen LogP contribution is 2.43. The Labute approximate surface area is 307 Å². The van der Waals surface area contributed by atoms with Gasteiger partial charge in [-0.3, -0.25) is 4.40 Å². The fourth-order valence-electron chi connectivity index (χ4n) is 7.52. The molecule has 9 heteroatoms. The molecule has 9 nitrogen and oxygen atoms in total. The van der Waals surface area contributed by atoms with Crippen LogP contribution in [0.4, 0.5) is 0 Å². The summed E-state index contributed by atoms with van der Waals surface area (Å²) in [4.78, 5) is 14.8. The standard InChI is InChI=1S/C44H37N9/c1-2-3-23-38-46-37-22-15-29-45-42(37)52(38)31-32-25-27-33(28-26-32)40-41(51-30-14-13-24-39(51)47-40)43-48-49-50-53(43)44(34-16-7-4-8-17-34,35-18-9-5-10-19-35)36-20-11-6-12-21-36/h4-22,24-30H,2-3,23,31H2,1H3. The first-order valence-electron chi connectivity index (χ1n) is 18.1. The number of aryl methyl sites for hydroxylation is 1. The topological polar surface area (TPSA) is 91.6 Å². The van der Waals surface area contributed by atoms with Crippen LogP contribution in [0.25, 0.3) is 39.6 Å². The SMILES string of the molecule is CCCCc1nc2cccnc2n1Cc1ccc(-c2nc3ccccn3c2-c2nnnn2C(c2ccccc2)(c2ccccc2)c2ccccc2)cc1. The van der Waals surface area contributed by atoms with Gasteiger partial charge in [-0.15, -0.1) is 5.10 Å². The van der Waals surface area contributed by atoms with Crippen LogP contribution < -0.4 is 0 Å². The third kappa shape index (κ3) is 5.57. The molecular formula is C44H37N9. The van der Waals surface area contributed by atoms with E-state index in [9.17, 15) is 0 Å². The molecule has 0 fully saturated rings. The van der Waals surface area contributed by atoms with Crippen LogP contribution >= 0.6 is 0 Å².